The van der Waals surface area contributed by atoms with Gasteiger partial charge >= 0.3 is 0 Å². The molecule has 0 atom stereocenters. The SMILES string of the molecule is CC(C)(C)c1cc(Oc2ccnc(-c3cc(Oc4cc(-[n+]5[c-]n(-c6cc7ccccc7cc6N6CCCCC6)c6ccccc65)cc(C(C)(C)C)c4)ccn3)c2)cc(-[n+]2[c-]n(-c3cc4ccccc4cc3N3CCCCC3)c3ccccc32)c1. The van der Waals surface area contributed by atoms with Crippen LogP contribution in [0, 0.1) is 12.7 Å². The molecular weight excluding hydrogens is 1030 g/mol. The molecule has 6 heterocycles. The van der Waals surface area contributed by atoms with Crippen LogP contribution in [0.25, 0.3) is 77.7 Å². The first kappa shape index (κ1) is 52.8. The number of hydrogen-bond acceptors (Lipinski definition) is 6. The van der Waals surface area contributed by atoms with Crippen LogP contribution in [0.2, 0.25) is 0 Å². The molecule has 10 heteroatoms. The van der Waals surface area contributed by atoms with Crippen molar-refractivity contribution in [3.8, 4) is 57.1 Å². The normalized spacial score (nSPS) is 14.3. The van der Waals surface area contributed by atoms with Gasteiger partial charge in [0, 0.05) is 50.7 Å². The number of rotatable bonds is 11. The lowest BCUT2D eigenvalue weighted by Crippen LogP contribution is -2.31. The average molecular weight is 1100 g/mol. The van der Waals surface area contributed by atoms with E-state index in [9.17, 15) is 0 Å². The Kier molecular flexibility index (Phi) is 13.5. The number of nitrogens with zero attached hydrogens (tertiary/aromatic N) is 8. The number of anilines is 2. The predicted octanol–water partition coefficient (Wildman–Crippen LogP) is 16.7. The summed E-state index contributed by atoms with van der Waals surface area (Å²) in [6.45, 7) is 17.6. The molecule has 0 spiro atoms. The van der Waals surface area contributed by atoms with Crippen molar-refractivity contribution in [2.75, 3.05) is 36.0 Å². The van der Waals surface area contributed by atoms with E-state index in [1.807, 2.05) is 24.3 Å². The molecule has 10 nitrogen and oxygen atoms in total. The Labute approximate surface area is 492 Å². The summed E-state index contributed by atoms with van der Waals surface area (Å²) in [6.07, 6.45) is 18.6. The lowest BCUT2D eigenvalue weighted by molar-refractivity contribution is -0.572. The van der Waals surface area contributed by atoms with E-state index in [4.69, 9.17) is 19.4 Å². The van der Waals surface area contributed by atoms with Gasteiger partial charge in [0.15, 0.2) is 0 Å². The standard InChI is InChI=1S/C74H70N8O2/c1-73(2,3)55-41-57(79-49-81(67-27-15-13-25-65(67)79)71-39-53-23-11-9-21-51(53)37-69(71)77-33-17-7-18-34-77)45-61(43-55)83-59-29-31-75-63(47-59)64-48-60(30-32-76-64)84-62-44-56(74(4,5)6)42-58(46-62)80-50-82(68-28-16-14-26-66(68)80)72-40-54-24-12-10-22-52(54)38-70(72)78-35-19-8-20-36-78/h9-16,21-32,37-48H,7-8,17-20,33-36H2,1-6H3. The molecular formula is C74H70N8O2. The Morgan fingerprint density at radius 2 is 0.750 bits per heavy atom. The van der Waals surface area contributed by atoms with Gasteiger partial charge < -0.3 is 19.3 Å². The molecule has 0 aliphatic carbocycles. The number of benzene rings is 8. The summed E-state index contributed by atoms with van der Waals surface area (Å²) in [7, 11) is 0. The summed E-state index contributed by atoms with van der Waals surface area (Å²) in [5.74, 6) is 2.71. The average Bonchev–Trinajstić information content (AvgIpc) is 3.75. The molecule has 14 rings (SSSR count). The summed E-state index contributed by atoms with van der Waals surface area (Å²) >= 11 is 0. The highest BCUT2D eigenvalue weighted by Crippen LogP contribution is 2.39. The Hall–Kier alpha value is -9.28. The third kappa shape index (κ3) is 10.3. The van der Waals surface area contributed by atoms with Crippen molar-refractivity contribution in [3.05, 3.63) is 218 Å². The van der Waals surface area contributed by atoms with Crippen LogP contribution in [0.15, 0.2) is 194 Å². The molecule has 0 N–H and O–H groups in total. The maximum Gasteiger partial charge on any atom is 0.269 e. The summed E-state index contributed by atoms with van der Waals surface area (Å²) < 4.78 is 22.7. The van der Waals surface area contributed by atoms with Crippen molar-refractivity contribution >= 4 is 55.0 Å². The van der Waals surface area contributed by atoms with Gasteiger partial charge in [0.25, 0.3) is 12.7 Å². The number of hydrogen-bond donors (Lipinski definition) is 0. The summed E-state index contributed by atoms with van der Waals surface area (Å²) in [6, 6.07) is 64.8. The van der Waals surface area contributed by atoms with E-state index in [1.54, 1.807) is 12.4 Å². The van der Waals surface area contributed by atoms with E-state index in [2.05, 4.69) is 240 Å². The molecule has 0 bridgehead atoms. The minimum atomic E-state index is -0.182. The number of imidazole rings is 2. The fourth-order valence-electron chi connectivity index (χ4n) is 12.3. The van der Waals surface area contributed by atoms with Gasteiger partial charge in [-0.25, -0.2) is 0 Å². The summed E-state index contributed by atoms with van der Waals surface area (Å²) in [5, 5.41) is 4.89. The first-order valence-electron chi connectivity index (χ1n) is 29.9. The van der Waals surface area contributed by atoms with Gasteiger partial charge in [-0.1, -0.05) is 139 Å². The minimum Gasteiger partial charge on any atom is -0.458 e. The molecule has 0 radical (unpaired) electrons. The number of fused-ring (bicyclic) bond motifs is 4. The number of ether oxygens (including phenoxy) is 2. The van der Waals surface area contributed by atoms with Crippen molar-refractivity contribution in [1.82, 2.24) is 19.1 Å². The van der Waals surface area contributed by atoms with Crippen LogP contribution in [0.1, 0.15) is 91.2 Å². The predicted molar refractivity (Wildman–Crippen MR) is 339 cm³/mol. The largest absolute Gasteiger partial charge is 0.458 e. The third-order valence-corrected chi connectivity index (χ3v) is 16.9. The van der Waals surface area contributed by atoms with Crippen LogP contribution >= 0.6 is 0 Å². The van der Waals surface area contributed by atoms with Gasteiger partial charge in [-0.3, -0.25) is 28.2 Å². The van der Waals surface area contributed by atoms with Gasteiger partial charge in [-0.15, -0.1) is 0 Å². The fourth-order valence-corrected chi connectivity index (χ4v) is 12.3. The first-order valence-corrected chi connectivity index (χ1v) is 29.9. The highest BCUT2D eigenvalue weighted by Gasteiger charge is 2.25. The molecule has 84 heavy (non-hydrogen) atoms. The molecule has 12 aromatic rings. The molecule has 0 saturated carbocycles. The van der Waals surface area contributed by atoms with E-state index < -0.39 is 0 Å². The van der Waals surface area contributed by atoms with E-state index in [-0.39, 0.29) is 10.8 Å². The zero-order valence-corrected chi connectivity index (χ0v) is 48.9. The Bertz CT molecular complexity index is 4170. The second kappa shape index (κ2) is 21.5. The molecule has 0 amide bonds. The molecule has 0 unspecified atom stereocenters. The van der Waals surface area contributed by atoms with E-state index >= 15 is 0 Å². The number of aromatic nitrogens is 6. The summed E-state index contributed by atoms with van der Waals surface area (Å²) in [5.41, 5.74) is 14.1. The van der Waals surface area contributed by atoms with Crippen LogP contribution in [0.3, 0.4) is 0 Å². The van der Waals surface area contributed by atoms with Crippen molar-refractivity contribution in [2.24, 2.45) is 0 Å². The number of para-hydroxylation sites is 4. The number of pyridine rings is 2. The van der Waals surface area contributed by atoms with Crippen LogP contribution in [-0.4, -0.2) is 45.3 Å². The zero-order valence-electron chi connectivity index (χ0n) is 48.9. The zero-order chi connectivity index (χ0) is 57.1. The van der Waals surface area contributed by atoms with Gasteiger partial charge in [0.1, 0.15) is 23.0 Å². The van der Waals surface area contributed by atoms with Crippen molar-refractivity contribution in [3.63, 3.8) is 0 Å². The summed E-state index contributed by atoms with van der Waals surface area (Å²) in [4.78, 5) is 14.8. The van der Waals surface area contributed by atoms with Crippen LogP contribution in [-0.2, 0) is 10.8 Å². The van der Waals surface area contributed by atoms with E-state index in [0.29, 0.717) is 34.4 Å². The second-order valence-electron chi connectivity index (χ2n) is 24.9. The smallest absolute Gasteiger partial charge is 0.269 e. The number of piperidine rings is 2. The van der Waals surface area contributed by atoms with Crippen molar-refractivity contribution in [1.29, 1.82) is 0 Å². The molecule has 2 aliphatic rings. The lowest BCUT2D eigenvalue weighted by atomic mass is 9.86. The monoisotopic (exact) mass is 1100 g/mol. The van der Waals surface area contributed by atoms with Crippen LogP contribution < -0.4 is 28.4 Å². The first-order chi connectivity index (χ1) is 40.8. The quantitative estimate of drug-likeness (QED) is 0.0950. The van der Waals surface area contributed by atoms with E-state index in [0.717, 1.165) is 82.1 Å². The van der Waals surface area contributed by atoms with Gasteiger partial charge in [-0.05, 0) is 155 Å². The molecule has 8 aromatic carbocycles. The fraction of sp³-hybridized carbons (Fsp3) is 0.243. The van der Waals surface area contributed by atoms with Crippen LogP contribution in [0.5, 0.6) is 23.0 Å². The van der Waals surface area contributed by atoms with Crippen molar-refractivity contribution in [2.45, 2.75) is 90.9 Å². The second-order valence-corrected chi connectivity index (χ2v) is 24.9. The highest BCUT2D eigenvalue weighted by atomic mass is 16.5. The van der Waals surface area contributed by atoms with Gasteiger partial charge in [0.2, 0.25) is 0 Å². The van der Waals surface area contributed by atoms with Gasteiger partial charge in [0.05, 0.1) is 67.6 Å². The molecule has 4 aromatic heterocycles. The Morgan fingerprint density at radius 3 is 1.14 bits per heavy atom. The van der Waals surface area contributed by atoms with E-state index in [1.165, 1.54) is 71.4 Å². The maximum absolute atomic E-state index is 6.88. The molecule has 418 valence electrons. The molecule has 2 fully saturated rings. The maximum atomic E-state index is 6.88. The lowest BCUT2D eigenvalue weighted by Gasteiger charge is -2.31. The van der Waals surface area contributed by atoms with Gasteiger partial charge in [-0.2, -0.15) is 0 Å². The Morgan fingerprint density at radius 1 is 0.381 bits per heavy atom. The highest BCUT2D eigenvalue weighted by molar-refractivity contribution is 5.93. The topological polar surface area (TPSA) is 68.3 Å². The molecule has 2 saturated heterocycles. The minimum absolute atomic E-state index is 0.182. The van der Waals surface area contributed by atoms with Crippen molar-refractivity contribution < 1.29 is 18.6 Å². The third-order valence-electron chi connectivity index (χ3n) is 16.9. The molecule has 2 aliphatic heterocycles. The van der Waals surface area contributed by atoms with Crippen LogP contribution in [0.4, 0.5) is 11.4 Å². The Balaban J connectivity index is 0.788.